The predicted molar refractivity (Wildman–Crippen MR) is 66.8 cm³/mol. The standard InChI is InChI=1S/C12H24N2O3/c1-9(2)6-14(8-12(16)17)7-11(15)13(5)10(3)4/h9-10H,6-8H2,1-5H3,(H,16,17). The van der Waals surface area contributed by atoms with Crippen molar-refractivity contribution in [1.82, 2.24) is 9.80 Å². The zero-order valence-corrected chi connectivity index (χ0v) is 11.4. The SMILES string of the molecule is CC(C)CN(CC(=O)O)CC(=O)N(C)C(C)C. The van der Waals surface area contributed by atoms with Gasteiger partial charge in [0, 0.05) is 19.6 Å². The highest BCUT2D eigenvalue weighted by molar-refractivity contribution is 5.79. The fourth-order valence-corrected chi connectivity index (χ4v) is 1.48. The number of hydrogen-bond donors (Lipinski definition) is 1. The van der Waals surface area contributed by atoms with E-state index in [-0.39, 0.29) is 25.0 Å². The van der Waals surface area contributed by atoms with Crippen LogP contribution in [0.15, 0.2) is 0 Å². The molecule has 17 heavy (non-hydrogen) atoms. The lowest BCUT2D eigenvalue weighted by Crippen LogP contribution is -2.44. The van der Waals surface area contributed by atoms with Gasteiger partial charge in [0.2, 0.25) is 5.91 Å². The van der Waals surface area contributed by atoms with E-state index in [0.29, 0.717) is 12.5 Å². The van der Waals surface area contributed by atoms with Crippen molar-refractivity contribution in [2.24, 2.45) is 5.92 Å². The third kappa shape index (κ3) is 6.94. The Morgan fingerprint density at radius 2 is 1.65 bits per heavy atom. The molecule has 0 aliphatic carbocycles. The van der Waals surface area contributed by atoms with Crippen LogP contribution in [0.5, 0.6) is 0 Å². The summed E-state index contributed by atoms with van der Waals surface area (Å²) in [5.41, 5.74) is 0. The van der Waals surface area contributed by atoms with Gasteiger partial charge in [-0.05, 0) is 19.8 Å². The predicted octanol–water partition coefficient (Wildman–Crippen LogP) is 0.896. The highest BCUT2D eigenvalue weighted by Gasteiger charge is 2.18. The first-order chi connectivity index (χ1) is 7.73. The summed E-state index contributed by atoms with van der Waals surface area (Å²) < 4.78 is 0. The van der Waals surface area contributed by atoms with Crippen LogP contribution in [0, 0.1) is 5.92 Å². The average molecular weight is 244 g/mol. The number of nitrogens with zero attached hydrogens (tertiary/aromatic N) is 2. The second-order valence-corrected chi connectivity index (χ2v) is 5.06. The van der Waals surface area contributed by atoms with E-state index in [1.165, 1.54) is 0 Å². The molecule has 0 aliphatic rings. The Bertz CT molecular complexity index is 264. The number of hydrogen-bond acceptors (Lipinski definition) is 3. The van der Waals surface area contributed by atoms with Gasteiger partial charge in [0.15, 0.2) is 0 Å². The number of carboxylic acid groups (broad SMARTS) is 1. The Balaban J connectivity index is 4.41. The van der Waals surface area contributed by atoms with E-state index in [9.17, 15) is 9.59 Å². The topological polar surface area (TPSA) is 60.9 Å². The van der Waals surface area contributed by atoms with E-state index in [4.69, 9.17) is 5.11 Å². The highest BCUT2D eigenvalue weighted by atomic mass is 16.4. The summed E-state index contributed by atoms with van der Waals surface area (Å²) >= 11 is 0. The highest BCUT2D eigenvalue weighted by Crippen LogP contribution is 2.01. The first-order valence-corrected chi connectivity index (χ1v) is 5.93. The number of aliphatic carboxylic acids is 1. The van der Waals surface area contributed by atoms with E-state index in [2.05, 4.69) is 0 Å². The van der Waals surface area contributed by atoms with Gasteiger partial charge in [0.25, 0.3) is 0 Å². The van der Waals surface area contributed by atoms with Gasteiger partial charge in [-0.25, -0.2) is 0 Å². The van der Waals surface area contributed by atoms with E-state index in [1.54, 1.807) is 16.8 Å². The molecular formula is C12H24N2O3. The molecule has 5 heteroatoms. The molecule has 0 radical (unpaired) electrons. The van der Waals surface area contributed by atoms with Crippen LogP contribution < -0.4 is 0 Å². The van der Waals surface area contributed by atoms with Crippen molar-refractivity contribution in [3.8, 4) is 0 Å². The summed E-state index contributed by atoms with van der Waals surface area (Å²) in [6.07, 6.45) is 0. The van der Waals surface area contributed by atoms with Gasteiger partial charge in [0.1, 0.15) is 0 Å². The normalized spacial score (nSPS) is 11.3. The first-order valence-electron chi connectivity index (χ1n) is 5.93. The zero-order valence-electron chi connectivity index (χ0n) is 11.4. The summed E-state index contributed by atoms with van der Waals surface area (Å²) in [5, 5.41) is 8.79. The number of carbonyl (C=O) groups is 2. The largest absolute Gasteiger partial charge is 0.480 e. The number of rotatable bonds is 7. The zero-order chi connectivity index (χ0) is 13.6. The van der Waals surface area contributed by atoms with Crippen LogP contribution >= 0.6 is 0 Å². The minimum Gasteiger partial charge on any atom is -0.480 e. The lowest BCUT2D eigenvalue weighted by atomic mass is 10.2. The summed E-state index contributed by atoms with van der Waals surface area (Å²) in [6.45, 7) is 8.57. The van der Waals surface area contributed by atoms with Crippen molar-refractivity contribution in [2.45, 2.75) is 33.7 Å². The van der Waals surface area contributed by atoms with Crippen molar-refractivity contribution in [3.63, 3.8) is 0 Å². The van der Waals surface area contributed by atoms with Gasteiger partial charge in [-0.15, -0.1) is 0 Å². The van der Waals surface area contributed by atoms with Gasteiger partial charge in [-0.3, -0.25) is 14.5 Å². The number of amides is 1. The van der Waals surface area contributed by atoms with Crippen LogP contribution in [0.1, 0.15) is 27.7 Å². The van der Waals surface area contributed by atoms with Crippen LogP contribution in [0.3, 0.4) is 0 Å². The molecule has 1 amide bonds. The Hall–Kier alpha value is -1.10. The lowest BCUT2D eigenvalue weighted by molar-refractivity contribution is -0.140. The quantitative estimate of drug-likeness (QED) is 0.722. The molecular weight excluding hydrogens is 220 g/mol. The molecule has 0 atom stereocenters. The van der Waals surface area contributed by atoms with Gasteiger partial charge in [0.05, 0.1) is 13.1 Å². The fraction of sp³-hybridized carbons (Fsp3) is 0.833. The molecule has 0 fully saturated rings. The third-order valence-electron chi connectivity index (χ3n) is 2.51. The minimum absolute atomic E-state index is 0.0399. The smallest absolute Gasteiger partial charge is 0.317 e. The van der Waals surface area contributed by atoms with Crippen LogP contribution in [0.2, 0.25) is 0 Å². The Kier molecular flexibility index (Phi) is 6.80. The Labute approximate surface area is 103 Å². The van der Waals surface area contributed by atoms with Crippen molar-refractivity contribution < 1.29 is 14.7 Å². The van der Waals surface area contributed by atoms with E-state index >= 15 is 0 Å². The van der Waals surface area contributed by atoms with Gasteiger partial charge < -0.3 is 10.0 Å². The van der Waals surface area contributed by atoms with Crippen LogP contribution in [0.25, 0.3) is 0 Å². The van der Waals surface area contributed by atoms with Crippen molar-refractivity contribution in [2.75, 3.05) is 26.7 Å². The number of likely N-dealkylation sites (N-methyl/N-ethyl adjacent to an activating group) is 1. The number of carboxylic acids is 1. The van der Waals surface area contributed by atoms with E-state index in [1.807, 2.05) is 27.7 Å². The molecule has 0 saturated carbocycles. The van der Waals surface area contributed by atoms with Gasteiger partial charge >= 0.3 is 5.97 Å². The lowest BCUT2D eigenvalue weighted by Gasteiger charge is -2.27. The molecule has 0 spiro atoms. The van der Waals surface area contributed by atoms with Crippen LogP contribution in [-0.2, 0) is 9.59 Å². The molecule has 0 aliphatic heterocycles. The minimum atomic E-state index is -0.898. The molecule has 1 N–H and O–H groups in total. The molecule has 0 rings (SSSR count). The van der Waals surface area contributed by atoms with Gasteiger partial charge in [-0.1, -0.05) is 13.8 Å². The van der Waals surface area contributed by atoms with Crippen molar-refractivity contribution >= 4 is 11.9 Å². The fourth-order valence-electron chi connectivity index (χ4n) is 1.48. The monoisotopic (exact) mass is 244 g/mol. The molecule has 0 unspecified atom stereocenters. The Morgan fingerprint density at radius 1 is 1.12 bits per heavy atom. The molecule has 100 valence electrons. The first kappa shape index (κ1) is 15.9. The maximum Gasteiger partial charge on any atom is 0.317 e. The second kappa shape index (κ2) is 7.27. The summed E-state index contributed by atoms with van der Waals surface area (Å²) in [7, 11) is 1.74. The molecule has 5 nitrogen and oxygen atoms in total. The second-order valence-electron chi connectivity index (χ2n) is 5.06. The molecule has 0 aromatic rings. The third-order valence-corrected chi connectivity index (χ3v) is 2.51. The molecule has 0 heterocycles. The Morgan fingerprint density at radius 3 is 2.00 bits per heavy atom. The maximum absolute atomic E-state index is 11.8. The van der Waals surface area contributed by atoms with Crippen LogP contribution in [0.4, 0.5) is 0 Å². The average Bonchev–Trinajstić information content (AvgIpc) is 2.13. The van der Waals surface area contributed by atoms with E-state index < -0.39 is 5.97 Å². The molecule has 0 aromatic heterocycles. The molecule has 0 aromatic carbocycles. The summed E-state index contributed by atoms with van der Waals surface area (Å²) in [6, 6.07) is 0.133. The number of carbonyl (C=O) groups excluding carboxylic acids is 1. The maximum atomic E-state index is 11.8. The van der Waals surface area contributed by atoms with Crippen molar-refractivity contribution in [1.29, 1.82) is 0 Å². The summed E-state index contributed by atoms with van der Waals surface area (Å²) in [5.74, 6) is -0.598. The molecule has 0 saturated heterocycles. The van der Waals surface area contributed by atoms with E-state index in [0.717, 1.165) is 0 Å². The van der Waals surface area contributed by atoms with Gasteiger partial charge in [-0.2, -0.15) is 0 Å². The van der Waals surface area contributed by atoms with Crippen molar-refractivity contribution in [3.05, 3.63) is 0 Å². The van der Waals surface area contributed by atoms with Crippen LogP contribution in [-0.4, -0.2) is 59.5 Å². The summed E-state index contributed by atoms with van der Waals surface area (Å²) in [4.78, 5) is 25.9. The molecule has 0 bridgehead atoms.